The first-order valence-corrected chi connectivity index (χ1v) is 7.66. The SMILES string of the molecule is CCC1(C)CCN(Cc2ccc(I)cc2)CC1. The van der Waals surface area contributed by atoms with Gasteiger partial charge in [0.05, 0.1) is 0 Å². The smallest absolute Gasteiger partial charge is 0.0233 e. The molecular formula is C15H22IN. The third kappa shape index (κ3) is 3.68. The topological polar surface area (TPSA) is 3.24 Å². The molecule has 0 aromatic heterocycles. The second-order valence-electron chi connectivity index (χ2n) is 5.57. The van der Waals surface area contributed by atoms with E-state index in [9.17, 15) is 0 Å². The monoisotopic (exact) mass is 343 g/mol. The summed E-state index contributed by atoms with van der Waals surface area (Å²) in [5, 5.41) is 0. The van der Waals surface area contributed by atoms with Crippen LogP contribution in [0.5, 0.6) is 0 Å². The standard InChI is InChI=1S/C15H22IN/c1-3-15(2)8-10-17(11-9-15)12-13-4-6-14(16)7-5-13/h4-7H,3,8-12H2,1-2H3. The van der Waals surface area contributed by atoms with Crippen molar-refractivity contribution < 1.29 is 0 Å². The summed E-state index contributed by atoms with van der Waals surface area (Å²) in [4.78, 5) is 2.60. The molecule has 1 nitrogen and oxygen atoms in total. The van der Waals surface area contributed by atoms with Crippen LogP contribution in [0, 0.1) is 8.99 Å². The first-order chi connectivity index (χ1) is 8.11. The molecule has 0 aliphatic carbocycles. The Morgan fingerprint density at radius 2 is 1.76 bits per heavy atom. The molecule has 0 bridgehead atoms. The average Bonchev–Trinajstić information content (AvgIpc) is 2.35. The van der Waals surface area contributed by atoms with Gasteiger partial charge in [0, 0.05) is 10.1 Å². The highest BCUT2D eigenvalue weighted by Gasteiger charge is 2.27. The van der Waals surface area contributed by atoms with Gasteiger partial charge in [-0.1, -0.05) is 32.4 Å². The Labute approximate surface area is 119 Å². The molecule has 1 aromatic rings. The quantitative estimate of drug-likeness (QED) is 0.740. The van der Waals surface area contributed by atoms with E-state index in [2.05, 4.69) is 65.6 Å². The van der Waals surface area contributed by atoms with Gasteiger partial charge in [-0.2, -0.15) is 0 Å². The minimum atomic E-state index is 0.600. The Morgan fingerprint density at radius 3 is 2.29 bits per heavy atom. The lowest BCUT2D eigenvalue weighted by Gasteiger charge is -2.39. The van der Waals surface area contributed by atoms with E-state index >= 15 is 0 Å². The van der Waals surface area contributed by atoms with Gasteiger partial charge in [-0.3, -0.25) is 4.90 Å². The summed E-state index contributed by atoms with van der Waals surface area (Å²) in [5.41, 5.74) is 2.05. The summed E-state index contributed by atoms with van der Waals surface area (Å²) < 4.78 is 1.32. The molecule has 1 aromatic carbocycles. The summed E-state index contributed by atoms with van der Waals surface area (Å²) in [6.45, 7) is 8.41. The van der Waals surface area contributed by atoms with Crippen molar-refractivity contribution in [1.29, 1.82) is 0 Å². The highest BCUT2D eigenvalue weighted by molar-refractivity contribution is 14.1. The molecule has 0 saturated carbocycles. The van der Waals surface area contributed by atoms with Gasteiger partial charge in [0.25, 0.3) is 0 Å². The van der Waals surface area contributed by atoms with Crippen LogP contribution in [0.15, 0.2) is 24.3 Å². The van der Waals surface area contributed by atoms with Gasteiger partial charge >= 0.3 is 0 Å². The van der Waals surface area contributed by atoms with E-state index in [-0.39, 0.29) is 0 Å². The zero-order valence-corrected chi connectivity index (χ0v) is 13.0. The Kier molecular flexibility index (Phi) is 4.47. The van der Waals surface area contributed by atoms with Crippen LogP contribution in [-0.2, 0) is 6.54 Å². The van der Waals surface area contributed by atoms with Crippen molar-refractivity contribution in [3.05, 3.63) is 33.4 Å². The number of hydrogen-bond acceptors (Lipinski definition) is 1. The predicted octanol–water partition coefficient (Wildman–Crippen LogP) is 4.30. The van der Waals surface area contributed by atoms with Gasteiger partial charge in [0.15, 0.2) is 0 Å². The molecule has 2 heteroatoms. The van der Waals surface area contributed by atoms with E-state index in [1.54, 1.807) is 0 Å². The van der Waals surface area contributed by atoms with Gasteiger partial charge in [-0.15, -0.1) is 0 Å². The molecule has 0 N–H and O–H groups in total. The van der Waals surface area contributed by atoms with Gasteiger partial charge in [0.1, 0.15) is 0 Å². The fourth-order valence-electron chi connectivity index (χ4n) is 2.45. The third-order valence-corrected chi connectivity index (χ3v) is 4.96. The molecule has 0 unspecified atom stereocenters. The van der Waals surface area contributed by atoms with Crippen molar-refractivity contribution in [3.8, 4) is 0 Å². The Balaban J connectivity index is 1.88. The molecule has 0 spiro atoms. The molecule has 0 amide bonds. The number of benzene rings is 1. The van der Waals surface area contributed by atoms with E-state index in [4.69, 9.17) is 0 Å². The predicted molar refractivity (Wildman–Crippen MR) is 82.1 cm³/mol. The van der Waals surface area contributed by atoms with Crippen molar-refractivity contribution in [3.63, 3.8) is 0 Å². The molecule has 2 rings (SSSR count). The van der Waals surface area contributed by atoms with Gasteiger partial charge in [-0.25, -0.2) is 0 Å². The van der Waals surface area contributed by atoms with Crippen LogP contribution in [0.2, 0.25) is 0 Å². The normalized spacial score (nSPS) is 20.4. The zero-order chi connectivity index (χ0) is 12.3. The summed E-state index contributed by atoms with van der Waals surface area (Å²) in [7, 11) is 0. The highest BCUT2D eigenvalue weighted by atomic mass is 127. The van der Waals surface area contributed by atoms with Crippen LogP contribution in [-0.4, -0.2) is 18.0 Å². The highest BCUT2D eigenvalue weighted by Crippen LogP contribution is 2.34. The van der Waals surface area contributed by atoms with Crippen molar-refractivity contribution in [2.75, 3.05) is 13.1 Å². The van der Waals surface area contributed by atoms with Gasteiger partial charge in [-0.05, 0) is 71.6 Å². The van der Waals surface area contributed by atoms with Crippen LogP contribution >= 0.6 is 22.6 Å². The Hall–Kier alpha value is -0.0900. The van der Waals surface area contributed by atoms with E-state index in [1.807, 2.05) is 0 Å². The molecule has 1 saturated heterocycles. The Bertz CT molecular complexity index is 350. The van der Waals surface area contributed by atoms with Crippen LogP contribution < -0.4 is 0 Å². The second kappa shape index (κ2) is 5.70. The largest absolute Gasteiger partial charge is 0.299 e. The maximum Gasteiger partial charge on any atom is 0.0233 e. The number of likely N-dealkylation sites (tertiary alicyclic amines) is 1. The molecular weight excluding hydrogens is 321 g/mol. The molecule has 1 heterocycles. The lowest BCUT2D eigenvalue weighted by molar-refractivity contribution is 0.109. The van der Waals surface area contributed by atoms with Crippen molar-refractivity contribution in [1.82, 2.24) is 4.90 Å². The minimum absolute atomic E-state index is 0.600. The lowest BCUT2D eigenvalue weighted by atomic mass is 9.78. The van der Waals surface area contributed by atoms with Crippen LogP contribution in [0.3, 0.4) is 0 Å². The van der Waals surface area contributed by atoms with Crippen molar-refractivity contribution in [2.45, 2.75) is 39.7 Å². The summed E-state index contributed by atoms with van der Waals surface area (Å²) in [6.07, 6.45) is 4.03. The summed E-state index contributed by atoms with van der Waals surface area (Å²) >= 11 is 2.36. The zero-order valence-electron chi connectivity index (χ0n) is 10.9. The molecule has 17 heavy (non-hydrogen) atoms. The second-order valence-corrected chi connectivity index (χ2v) is 6.81. The first-order valence-electron chi connectivity index (χ1n) is 6.58. The first kappa shape index (κ1) is 13.3. The lowest BCUT2D eigenvalue weighted by Crippen LogP contribution is -2.37. The Morgan fingerprint density at radius 1 is 1.18 bits per heavy atom. The maximum absolute atomic E-state index is 2.60. The number of rotatable bonds is 3. The fourth-order valence-corrected chi connectivity index (χ4v) is 2.81. The van der Waals surface area contributed by atoms with E-state index < -0.39 is 0 Å². The fraction of sp³-hybridized carbons (Fsp3) is 0.600. The molecule has 1 fully saturated rings. The van der Waals surface area contributed by atoms with Crippen molar-refractivity contribution >= 4 is 22.6 Å². The number of hydrogen-bond donors (Lipinski definition) is 0. The molecule has 1 aliphatic heterocycles. The van der Waals surface area contributed by atoms with Crippen LogP contribution in [0.1, 0.15) is 38.7 Å². The number of piperidine rings is 1. The summed E-state index contributed by atoms with van der Waals surface area (Å²) in [6, 6.07) is 8.93. The average molecular weight is 343 g/mol. The molecule has 0 atom stereocenters. The van der Waals surface area contributed by atoms with Gasteiger partial charge < -0.3 is 0 Å². The molecule has 94 valence electrons. The van der Waals surface area contributed by atoms with Crippen LogP contribution in [0.25, 0.3) is 0 Å². The van der Waals surface area contributed by atoms with E-state index in [1.165, 1.54) is 41.5 Å². The van der Waals surface area contributed by atoms with Gasteiger partial charge in [0.2, 0.25) is 0 Å². The summed E-state index contributed by atoms with van der Waals surface area (Å²) in [5.74, 6) is 0. The third-order valence-electron chi connectivity index (χ3n) is 4.24. The van der Waals surface area contributed by atoms with Crippen molar-refractivity contribution in [2.24, 2.45) is 5.41 Å². The molecule has 1 aliphatic rings. The minimum Gasteiger partial charge on any atom is -0.299 e. The maximum atomic E-state index is 2.60. The molecule has 0 radical (unpaired) electrons. The van der Waals surface area contributed by atoms with Crippen LogP contribution in [0.4, 0.5) is 0 Å². The van der Waals surface area contributed by atoms with E-state index in [0.717, 1.165) is 6.54 Å². The van der Waals surface area contributed by atoms with E-state index in [0.29, 0.717) is 5.41 Å². The number of nitrogens with zero attached hydrogens (tertiary/aromatic N) is 1. The number of halogens is 1.